The summed E-state index contributed by atoms with van der Waals surface area (Å²) in [5.74, 6) is 1.81. The highest BCUT2D eigenvalue weighted by Gasteiger charge is 2.05. The first-order chi connectivity index (χ1) is 9.30. The van der Waals surface area contributed by atoms with Crippen LogP contribution in [0.25, 0.3) is 0 Å². The largest absolute Gasteiger partial charge is 0.494 e. The summed E-state index contributed by atoms with van der Waals surface area (Å²) in [6.45, 7) is 8.98. The van der Waals surface area contributed by atoms with Gasteiger partial charge in [-0.25, -0.2) is 0 Å². The fraction of sp³-hybridized carbons (Fsp3) is 0.625. The molecule has 1 aromatic rings. The molecule has 1 atom stereocenters. The molecule has 1 rings (SSSR count). The predicted octanol–water partition coefficient (Wildman–Crippen LogP) is 3.63. The minimum Gasteiger partial charge on any atom is -0.494 e. The van der Waals surface area contributed by atoms with Crippen LogP contribution in [-0.2, 0) is 0 Å². The van der Waals surface area contributed by atoms with Gasteiger partial charge in [0.2, 0.25) is 0 Å². The number of rotatable bonds is 10. The van der Waals surface area contributed by atoms with Crippen molar-refractivity contribution in [1.82, 2.24) is 5.32 Å². The zero-order chi connectivity index (χ0) is 13.9. The van der Waals surface area contributed by atoms with Crippen LogP contribution in [-0.4, -0.2) is 25.8 Å². The molecule has 1 aromatic carbocycles. The van der Waals surface area contributed by atoms with Crippen molar-refractivity contribution in [2.45, 2.75) is 46.1 Å². The average Bonchev–Trinajstić information content (AvgIpc) is 2.46. The Hall–Kier alpha value is -1.22. The third kappa shape index (κ3) is 6.48. The molecule has 0 saturated carbocycles. The zero-order valence-electron chi connectivity index (χ0n) is 12.4. The molecule has 0 amide bonds. The van der Waals surface area contributed by atoms with E-state index in [2.05, 4.69) is 26.1 Å². The van der Waals surface area contributed by atoms with Gasteiger partial charge in [0.1, 0.15) is 18.1 Å². The van der Waals surface area contributed by atoms with Crippen LogP contribution in [0, 0.1) is 0 Å². The quantitative estimate of drug-likeness (QED) is 0.700. The van der Waals surface area contributed by atoms with Gasteiger partial charge in [-0.3, -0.25) is 0 Å². The van der Waals surface area contributed by atoms with E-state index in [0.717, 1.165) is 43.9 Å². The molecular formula is C16H27NO2. The number of ether oxygens (including phenoxy) is 2. The molecule has 108 valence electrons. The van der Waals surface area contributed by atoms with E-state index in [1.54, 1.807) is 0 Å². The van der Waals surface area contributed by atoms with Crippen LogP contribution in [0.2, 0.25) is 0 Å². The van der Waals surface area contributed by atoms with Gasteiger partial charge in [0.25, 0.3) is 0 Å². The first-order valence-corrected chi connectivity index (χ1v) is 7.39. The van der Waals surface area contributed by atoms with E-state index in [-0.39, 0.29) is 0 Å². The second-order valence-corrected chi connectivity index (χ2v) is 4.69. The van der Waals surface area contributed by atoms with Crippen molar-refractivity contribution in [1.29, 1.82) is 0 Å². The van der Waals surface area contributed by atoms with Gasteiger partial charge in [-0.1, -0.05) is 20.8 Å². The fourth-order valence-corrected chi connectivity index (χ4v) is 1.72. The monoisotopic (exact) mass is 265 g/mol. The van der Waals surface area contributed by atoms with Gasteiger partial charge in [-0.2, -0.15) is 0 Å². The van der Waals surface area contributed by atoms with E-state index < -0.39 is 0 Å². The van der Waals surface area contributed by atoms with Crippen molar-refractivity contribution >= 4 is 0 Å². The molecule has 19 heavy (non-hydrogen) atoms. The van der Waals surface area contributed by atoms with E-state index in [0.29, 0.717) is 12.6 Å². The molecule has 0 heterocycles. The molecular weight excluding hydrogens is 238 g/mol. The fourth-order valence-electron chi connectivity index (χ4n) is 1.72. The summed E-state index contributed by atoms with van der Waals surface area (Å²) in [5.41, 5.74) is 0. The normalized spacial score (nSPS) is 12.2. The third-order valence-corrected chi connectivity index (χ3v) is 2.92. The molecule has 0 aliphatic rings. The number of hydrogen-bond donors (Lipinski definition) is 1. The van der Waals surface area contributed by atoms with Gasteiger partial charge in [0, 0.05) is 6.04 Å². The van der Waals surface area contributed by atoms with Gasteiger partial charge >= 0.3 is 0 Å². The molecule has 0 fully saturated rings. The predicted molar refractivity (Wildman–Crippen MR) is 80.1 cm³/mol. The molecule has 0 aliphatic carbocycles. The molecule has 1 unspecified atom stereocenters. The topological polar surface area (TPSA) is 30.5 Å². The van der Waals surface area contributed by atoms with Crippen LogP contribution < -0.4 is 14.8 Å². The van der Waals surface area contributed by atoms with Crippen LogP contribution in [0.5, 0.6) is 11.5 Å². The van der Waals surface area contributed by atoms with Crippen LogP contribution in [0.4, 0.5) is 0 Å². The molecule has 3 heteroatoms. The summed E-state index contributed by atoms with van der Waals surface area (Å²) >= 11 is 0. The summed E-state index contributed by atoms with van der Waals surface area (Å²) in [6, 6.07) is 8.29. The van der Waals surface area contributed by atoms with Gasteiger partial charge in [0.05, 0.1) is 6.61 Å². The van der Waals surface area contributed by atoms with Crippen molar-refractivity contribution in [2.24, 2.45) is 0 Å². The molecule has 0 aromatic heterocycles. The Labute approximate surface area is 117 Å². The Kier molecular flexibility index (Phi) is 8.07. The maximum atomic E-state index is 5.80. The Morgan fingerprint density at radius 3 is 2.11 bits per heavy atom. The van der Waals surface area contributed by atoms with E-state index >= 15 is 0 Å². The first kappa shape index (κ1) is 15.8. The van der Waals surface area contributed by atoms with Crippen LogP contribution >= 0.6 is 0 Å². The lowest BCUT2D eigenvalue weighted by Crippen LogP contribution is -2.34. The van der Waals surface area contributed by atoms with E-state index in [1.165, 1.54) is 0 Å². The Morgan fingerprint density at radius 2 is 1.58 bits per heavy atom. The van der Waals surface area contributed by atoms with Crippen LogP contribution in [0.1, 0.15) is 40.0 Å². The summed E-state index contributed by atoms with van der Waals surface area (Å²) in [4.78, 5) is 0. The van der Waals surface area contributed by atoms with Crippen molar-refractivity contribution < 1.29 is 9.47 Å². The molecule has 0 radical (unpaired) electrons. The lowest BCUT2D eigenvalue weighted by Gasteiger charge is -2.17. The van der Waals surface area contributed by atoms with Crippen molar-refractivity contribution in [3.05, 3.63) is 24.3 Å². The number of hydrogen-bond acceptors (Lipinski definition) is 3. The summed E-state index contributed by atoms with van der Waals surface area (Å²) in [6.07, 6.45) is 3.26. The van der Waals surface area contributed by atoms with Crippen LogP contribution in [0.15, 0.2) is 24.3 Å². The summed E-state index contributed by atoms with van der Waals surface area (Å²) in [5, 5.41) is 3.48. The lowest BCUT2D eigenvalue weighted by molar-refractivity contribution is 0.259. The van der Waals surface area contributed by atoms with Gasteiger partial charge in [0.15, 0.2) is 0 Å². The minimum absolute atomic E-state index is 0.427. The SMILES string of the molecule is CCCNC(CC)COc1ccc(OCCC)cc1. The van der Waals surface area contributed by atoms with Crippen LogP contribution in [0.3, 0.4) is 0 Å². The molecule has 0 aliphatic heterocycles. The molecule has 0 bridgehead atoms. The Morgan fingerprint density at radius 1 is 0.947 bits per heavy atom. The van der Waals surface area contributed by atoms with Gasteiger partial charge in [-0.15, -0.1) is 0 Å². The van der Waals surface area contributed by atoms with Gasteiger partial charge < -0.3 is 14.8 Å². The first-order valence-electron chi connectivity index (χ1n) is 7.39. The van der Waals surface area contributed by atoms with E-state index in [1.807, 2.05) is 24.3 Å². The minimum atomic E-state index is 0.427. The highest BCUT2D eigenvalue weighted by atomic mass is 16.5. The zero-order valence-corrected chi connectivity index (χ0v) is 12.4. The second-order valence-electron chi connectivity index (χ2n) is 4.69. The maximum Gasteiger partial charge on any atom is 0.119 e. The summed E-state index contributed by atoms with van der Waals surface area (Å²) < 4.78 is 11.3. The van der Waals surface area contributed by atoms with E-state index in [9.17, 15) is 0 Å². The van der Waals surface area contributed by atoms with E-state index in [4.69, 9.17) is 9.47 Å². The van der Waals surface area contributed by atoms with Crippen molar-refractivity contribution in [2.75, 3.05) is 19.8 Å². The molecule has 0 saturated heterocycles. The molecule has 1 N–H and O–H groups in total. The second kappa shape index (κ2) is 9.68. The smallest absolute Gasteiger partial charge is 0.119 e. The highest BCUT2D eigenvalue weighted by molar-refractivity contribution is 5.31. The van der Waals surface area contributed by atoms with Crippen molar-refractivity contribution in [3.8, 4) is 11.5 Å². The number of nitrogens with one attached hydrogen (secondary N) is 1. The number of benzene rings is 1. The Bertz CT molecular complexity index is 324. The standard InChI is InChI=1S/C16H27NO2/c1-4-11-17-14(6-3)13-19-16-9-7-15(8-10-16)18-12-5-2/h7-10,14,17H,4-6,11-13H2,1-3H3. The van der Waals surface area contributed by atoms with Gasteiger partial charge in [-0.05, 0) is 50.1 Å². The molecule has 0 spiro atoms. The molecule has 3 nitrogen and oxygen atoms in total. The Balaban J connectivity index is 2.35. The van der Waals surface area contributed by atoms with Crippen molar-refractivity contribution in [3.63, 3.8) is 0 Å². The third-order valence-electron chi connectivity index (χ3n) is 2.92. The highest BCUT2D eigenvalue weighted by Crippen LogP contribution is 2.18. The average molecular weight is 265 g/mol. The lowest BCUT2D eigenvalue weighted by atomic mass is 10.2. The maximum absolute atomic E-state index is 5.80. The summed E-state index contributed by atoms with van der Waals surface area (Å²) in [7, 11) is 0.